The predicted octanol–water partition coefficient (Wildman–Crippen LogP) is 2.73. The molecule has 1 aromatic carbocycles. The maximum Gasteiger partial charge on any atom is 0.307 e. The fraction of sp³-hybridized carbons (Fsp3) is 0.353. The fourth-order valence-electron chi connectivity index (χ4n) is 2.15. The number of methoxy groups -OCH3 is 1. The summed E-state index contributed by atoms with van der Waals surface area (Å²) in [4.78, 5) is 3.69. The minimum Gasteiger partial charge on any atom is -0.377 e. The largest absolute Gasteiger partial charge is 0.377 e. The van der Waals surface area contributed by atoms with Crippen LogP contribution in [0.3, 0.4) is 0 Å². The fourth-order valence-corrected chi connectivity index (χ4v) is 2.15. The van der Waals surface area contributed by atoms with E-state index in [1.807, 2.05) is 30.3 Å². The molecular weight excluding hydrogens is 302 g/mol. The molecule has 2 rings (SSSR count). The first-order valence-electron chi connectivity index (χ1n) is 7.25. The van der Waals surface area contributed by atoms with Gasteiger partial charge in [-0.1, -0.05) is 36.4 Å². The summed E-state index contributed by atoms with van der Waals surface area (Å²) in [5.74, 6) is -3.31. The van der Waals surface area contributed by atoms with Gasteiger partial charge >= 0.3 is 5.92 Å². The highest BCUT2D eigenvalue weighted by Crippen LogP contribution is 2.31. The molecule has 6 heteroatoms. The molecule has 0 spiro atoms. The van der Waals surface area contributed by atoms with Crippen LogP contribution in [0.15, 0.2) is 54.7 Å². The Bertz CT molecular complexity index is 582. The lowest BCUT2D eigenvalue weighted by Crippen LogP contribution is -2.50. The summed E-state index contributed by atoms with van der Waals surface area (Å²) in [5.41, 5.74) is 6.30. The van der Waals surface area contributed by atoms with E-state index < -0.39 is 18.1 Å². The van der Waals surface area contributed by atoms with E-state index in [2.05, 4.69) is 4.98 Å². The molecule has 0 saturated heterocycles. The van der Waals surface area contributed by atoms with Crippen LogP contribution >= 0.6 is 0 Å². The van der Waals surface area contributed by atoms with E-state index in [0.717, 1.165) is 5.56 Å². The van der Waals surface area contributed by atoms with Gasteiger partial charge in [0.2, 0.25) is 0 Å². The zero-order chi connectivity index (χ0) is 16.7. The molecular formula is C17H20F2N2O2. The summed E-state index contributed by atoms with van der Waals surface area (Å²) in [7, 11) is 1.34. The van der Waals surface area contributed by atoms with Crippen molar-refractivity contribution in [3.05, 3.63) is 66.0 Å². The van der Waals surface area contributed by atoms with Crippen molar-refractivity contribution in [3.8, 4) is 0 Å². The monoisotopic (exact) mass is 322 g/mol. The number of pyridine rings is 1. The van der Waals surface area contributed by atoms with E-state index in [0.29, 0.717) is 6.61 Å². The van der Waals surface area contributed by atoms with Crippen molar-refractivity contribution in [1.82, 2.24) is 4.98 Å². The molecule has 2 unspecified atom stereocenters. The highest BCUT2D eigenvalue weighted by Gasteiger charge is 2.45. The smallest absolute Gasteiger partial charge is 0.307 e. The van der Waals surface area contributed by atoms with Crippen LogP contribution in [0, 0.1) is 0 Å². The van der Waals surface area contributed by atoms with Gasteiger partial charge in [-0.05, 0) is 17.7 Å². The molecule has 0 bridgehead atoms. The molecule has 0 aliphatic carbocycles. The van der Waals surface area contributed by atoms with Crippen molar-refractivity contribution < 1.29 is 18.3 Å². The summed E-state index contributed by atoms with van der Waals surface area (Å²) in [6.45, 7) is 0.275. The topological polar surface area (TPSA) is 57.4 Å². The highest BCUT2D eigenvalue weighted by molar-refractivity contribution is 5.14. The molecule has 0 saturated carbocycles. The summed E-state index contributed by atoms with van der Waals surface area (Å²) in [6, 6.07) is 12.2. The van der Waals surface area contributed by atoms with Gasteiger partial charge in [0, 0.05) is 13.3 Å². The Labute approximate surface area is 134 Å². The molecule has 1 heterocycles. The molecule has 4 nitrogen and oxygen atoms in total. The lowest BCUT2D eigenvalue weighted by molar-refractivity contribution is -0.104. The van der Waals surface area contributed by atoms with Crippen molar-refractivity contribution in [2.75, 3.05) is 13.7 Å². The van der Waals surface area contributed by atoms with Gasteiger partial charge in [0.05, 0.1) is 13.2 Å². The number of rotatable bonds is 8. The Kier molecular flexibility index (Phi) is 6.15. The molecule has 0 amide bonds. The second-order valence-corrected chi connectivity index (χ2v) is 5.14. The normalized spacial score (nSPS) is 14.4. The Morgan fingerprint density at radius 3 is 2.43 bits per heavy atom. The SMILES string of the molecule is COC(COCc1ccccc1)C(N)C(F)(F)c1ccccn1. The third kappa shape index (κ3) is 4.54. The summed E-state index contributed by atoms with van der Waals surface area (Å²) in [5, 5.41) is 0. The van der Waals surface area contributed by atoms with E-state index in [9.17, 15) is 8.78 Å². The minimum absolute atomic E-state index is 0.0328. The first-order valence-corrected chi connectivity index (χ1v) is 7.25. The van der Waals surface area contributed by atoms with Crippen molar-refractivity contribution in [2.45, 2.75) is 24.7 Å². The predicted molar refractivity (Wildman–Crippen MR) is 83.0 cm³/mol. The van der Waals surface area contributed by atoms with Gasteiger partial charge in [-0.15, -0.1) is 0 Å². The van der Waals surface area contributed by atoms with E-state index in [4.69, 9.17) is 15.2 Å². The Hall–Kier alpha value is -1.89. The second-order valence-electron chi connectivity index (χ2n) is 5.14. The van der Waals surface area contributed by atoms with Crippen LogP contribution in [0.2, 0.25) is 0 Å². The molecule has 23 heavy (non-hydrogen) atoms. The average Bonchev–Trinajstić information content (AvgIpc) is 2.60. The standard InChI is InChI=1S/C17H20F2N2O2/c1-22-14(12-23-11-13-7-3-2-4-8-13)16(20)17(18,19)15-9-5-6-10-21-15/h2-10,14,16H,11-12,20H2,1H3. The molecule has 0 fully saturated rings. The first kappa shape index (κ1) is 17.5. The van der Waals surface area contributed by atoms with Gasteiger partial charge in [0.1, 0.15) is 17.8 Å². The number of ether oxygens (including phenoxy) is 2. The maximum atomic E-state index is 14.4. The van der Waals surface area contributed by atoms with Crippen molar-refractivity contribution in [3.63, 3.8) is 0 Å². The highest BCUT2D eigenvalue weighted by atomic mass is 19.3. The zero-order valence-corrected chi connectivity index (χ0v) is 12.9. The summed E-state index contributed by atoms with van der Waals surface area (Å²) >= 11 is 0. The molecule has 2 N–H and O–H groups in total. The molecule has 2 atom stereocenters. The second kappa shape index (κ2) is 8.10. The Morgan fingerprint density at radius 2 is 1.83 bits per heavy atom. The van der Waals surface area contributed by atoms with Gasteiger partial charge in [0.25, 0.3) is 0 Å². The molecule has 0 radical (unpaired) electrons. The van der Waals surface area contributed by atoms with Crippen LogP contribution in [0.4, 0.5) is 8.78 Å². The minimum atomic E-state index is -3.31. The van der Waals surface area contributed by atoms with Crippen molar-refractivity contribution >= 4 is 0 Å². The van der Waals surface area contributed by atoms with Gasteiger partial charge in [-0.2, -0.15) is 8.78 Å². The van der Waals surface area contributed by atoms with Gasteiger partial charge in [0.15, 0.2) is 0 Å². The zero-order valence-electron chi connectivity index (χ0n) is 12.9. The molecule has 2 aromatic rings. The van der Waals surface area contributed by atoms with Crippen LogP contribution in [0.1, 0.15) is 11.3 Å². The number of nitrogens with zero attached hydrogens (tertiary/aromatic N) is 1. The lowest BCUT2D eigenvalue weighted by atomic mass is 10.0. The van der Waals surface area contributed by atoms with E-state index >= 15 is 0 Å². The van der Waals surface area contributed by atoms with Crippen LogP contribution in [0.5, 0.6) is 0 Å². The summed E-state index contributed by atoms with van der Waals surface area (Å²) < 4.78 is 39.4. The third-order valence-corrected chi connectivity index (χ3v) is 3.52. The Morgan fingerprint density at radius 1 is 1.13 bits per heavy atom. The van der Waals surface area contributed by atoms with Crippen molar-refractivity contribution in [1.29, 1.82) is 0 Å². The molecule has 0 aliphatic rings. The van der Waals surface area contributed by atoms with Gasteiger partial charge in [-0.25, -0.2) is 0 Å². The maximum absolute atomic E-state index is 14.4. The van der Waals surface area contributed by atoms with Crippen LogP contribution in [-0.2, 0) is 22.0 Å². The van der Waals surface area contributed by atoms with Crippen LogP contribution in [-0.4, -0.2) is 30.8 Å². The number of hydrogen-bond acceptors (Lipinski definition) is 4. The van der Waals surface area contributed by atoms with E-state index in [1.165, 1.54) is 25.4 Å². The number of benzene rings is 1. The van der Waals surface area contributed by atoms with E-state index in [-0.39, 0.29) is 12.3 Å². The molecule has 0 aliphatic heterocycles. The molecule has 124 valence electrons. The van der Waals surface area contributed by atoms with E-state index in [1.54, 1.807) is 6.07 Å². The van der Waals surface area contributed by atoms with Crippen LogP contribution in [0.25, 0.3) is 0 Å². The first-order chi connectivity index (χ1) is 11.1. The average molecular weight is 322 g/mol. The van der Waals surface area contributed by atoms with Crippen molar-refractivity contribution in [2.24, 2.45) is 5.73 Å². The number of hydrogen-bond donors (Lipinski definition) is 1. The number of alkyl halides is 2. The van der Waals surface area contributed by atoms with Crippen LogP contribution < -0.4 is 5.73 Å². The summed E-state index contributed by atoms with van der Waals surface area (Å²) in [6.07, 6.45) is 0.361. The van der Waals surface area contributed by atoms with Gasteiger partial charge in [-0.3, -0.25) is 4.98 Å². The Balaban J connectivity index is 1.96. The number of nitrogens with two attached hydrogens (primary N) is 1. The third-order valence-electron chi connectivity index (χ3n) is 3.52. The lowest BCUT2D eigenvalue weighted by Gasteiger charge is -2.29. The quantitative estimate of drug-likeness (QED) is 0.812. The number of aromatic nitrogens is 1. The number of halogens is 2. The molecule has 1 aromatic heterocycles. The van der Waals surface area contributed by atoms with Gasteiger partial charge < -0.3 is 15.2 Å².